The first-order valence-electron chi connectivity index (χ1n) is 8.69. The summed E-state index contributed by atoms with van der Waals surface area (Å²) in [6.45, 7) is 3.54. The highest BCUT2D eigenvalue weighted by Crippen LogP contribution is 2.26. The first kappa shape index (κ1) is 21.8. The van der Waals surface area contributed by atoms with Crippen molar-refractivity contribution in [3.05, 3.63) is 54.4 Å². The van der Waals surface area contributed by atoms with E-state index in [0.29, 0.717) is 11.3 Å². The number of rotatable bonds is 9. The highest BCUT2D eigenvalue weighted by atomic mass is 32.2. The van der Waals surface area contributed by atoms with E-state index in [1.807, 2.05) is 0 Å². The van der Waals surface area contributed by atoms with Crippen LogP contribution in [0.25, 0.3) is 0 Å². The van der Waals surface area contributed by atoms with Crippen molar-refractivity contribution in [2.45, 2.75) is 31.3 Å². The summed E-state index contributed by atoms with van der Waals surface area (Å²) in [5, 5.41) is 0. The maximum Gasteiger partial charge on any atom is 0.262 e. The molecule has 1 aromatic heterocycles. The second-order valence-electron chi connectivity index (χ2n) is 6.45. The van der Waals surface area contributed by atoms with Crippen molar-refractivity contribution in [2.75, 3.05) is 14.2 Å². The molecular formula is C19H25N3O5S. The van der Waals surface area contributed by atoms with Crippen LogP contribution in [0, 0.1) is 5.92 Å². The number of carbonyl (C=O) groups is 1. The second-order valence-corrected chi connectivity index (χ2v) is 8.34. The van der Waals surface area contributed by atoms with E-state index in [1.165, 1.54) is 30.7 Å². The van der Waals surface area contributed by atoms with E-state index in [2.05, 4.69) is 10.5 Å². The van der Waals surface area contributed by atoms with E-state index in [4.69, 9.17) is 9.57 Å². The molecule has 1 N–H and O–H groups in total. The van der Waals surface area contributed by atoms with E-state index in [9.17, 15) is 13.2 Å². The van der Waals surface area contributed by atoms with Crippen molar-refractivity contribution in [3.8, 4) is 5.75 Å². The number of nitrogens with zero attached hydrogens (tertiary/aromatic N) is 2. The number of benzene rings is 1. The van der Waals surface area contributed by atoms with E-state index < -0.39 is 22.0 Å². The van der Waals surface area contributed by atoms with Gasteiger partial charge < -0.3 is 4.74 Å². The molecule has 8 nitrogen and oxygen atoms in total. The summed E-state index contributed by atoms with van der Waals surface area (Å²) < 4.78 is 33.1. The number of hydrogen-bond acceptors (Lipinski definition) is 6. The molecule has 0 aliphatic rings. The van der Waals surface area contributed by atoms with Crippen molar-refractivity contribution in [3.63, 3.8) is 0 Å². The highest BCUT2D eigenvalue weighted by molar-refractivity contribution is 7.89. The minimum absolute atomic E-state index is 0.0117. The minimum atomic E-state index is -4.00. The second kappa shape index (κ2) is 9.63. The van der Waals surface area contributed by atoms with Gasteiger partial charge in [0.05, 0.1) is 19.1 Å². The van der Waals surface area contributed by atoms with Gasteiger partial charge in [0, 0.05) is 18.9 Å². The maximum atomic E-state index is 13.4. The predicted molar refractivity (Wildman–Crippen MR) is 104 cm³/mol. The van der Waals surface area contributed by atoms with Gasteiger partial charge in [-0.1, -0.05) is 19.9 Å². The van der Waals surface area contributed by atoms with E-state index in [0.717, 1.165) is 0 Å². The van der Waals surface area contributed by atoms with Crippen molar-refractivity contribution < 1.29 is 22.8 Å². The van der Waals surface area contributed by atoms with Gasteiger partial charge in [-0.2, -0.15) is 4.31 Å². The monoisotopic (exact) mass is 407 g/mol. The van der Waals surface area contributed by atoms with Crippen molar-refractivity contribution in [2.24, 2.45) is 5.92 Å². The summed E-state index contributed by atoms with van der Waals surface area (Å²) in [4.78, 5) is 21.5. The molecule has 152 valence electrons. The molecule has 1 heterocycles. The molecule has 1 amide bonds. The summed E-state index contributed by atoms with van der Waals surface area (Å²) in [5.74, 6) is -0.311. The normalized spacial score (nSPS) is 12.8. The topological polar surface area (TPSA) is 97.8 Å². The highest BCUT2D eigenvalue weighted by Gasteiger charge is 2.38. The lowest BCUT2D eigenvalue weighted by Gasteiger charge is -2.32. The fourth-order valence-corrected chi connectivity index (χ4v) is 4.52. The summed E-state index contributed by atoms with van der Waals surface area (Å²) in [7, 11) is -1.19. The van der Waals surface area contributed by atoms with Crippen LogP contribution in [0.5, 0.6) is 5.75 Å². The lowest BCUT2D eigenvalue weighted by atomic mass is 10.0. The van der Waals surface area contributed by atoms with Gasteiger partial charge in [0.15, 0.2) is 0 Å². The number of hydrogen-bond donors (Lipinski definition) is 1. The number of hydroxylamine groups is 1. The number of sulfonamides is 1. The predicted octanol–water partition coefficient (Wildman–Crippen LogP) is 1.98. The van der Waals surface area contributed by atoms with Crippen LogP contribution in [0.4, 0.5) is 0 Å². The number of amides is 1. The average molecular weight is 407 g/mol. The Balaban J connectivity index is 2.52. The number of carbonyl (C=O) groups excluding carboxylic acids is 1. The number of pyridine rings is 1. The molecule has 0 spiro atoms. The van der Waals surface area contributed by atoms with Gasteiger partial charge in [-0.3, -0.25) is 14.6 Å². The Hall–Kier alpha value is -2.49. The largest absolute Gasteiger partial charge is 0.497 e. The Morgan fingerprint density at radius 2 is 1.86 bits per heavy atom. The van der Waals surface area contributed by atoms with Crippen LogP contribution < -0.4 is 10.2 Å². The Kier molecular flexibility index (Phi) is 7.50. The number of aromatic nitrogens is 1. The average Bonchev–Trinajstić information content (AvgIpc) is 2.68. The number of ether oxygens (including phenoxy) is 1. The summed E-state index contributed by atoms with van der Waals surface area (Å²) in [6, 6.07) is 8.53. The zero-order valence-electron chi connectivity index (χ0n) is 16.3. The Labute approximate surface area is 165 Å². The Bertz CT molecular complexity index is 870. The van der Waals surface area contributed by atoms with Crippen molar-refractivity contribution >= 4 is 15.9 Å². The molecule has 2 rings (SSSR count). The standard InChI is InChI=1S/C19H25N3O5S/c1-14(2)18(19(23)21-27-4)22(13-15-6-5-11-20-12-15)28(24,25)17-9-7-16(26-3)8-10-17/h5-12,14,18H,13H2,1-4H3,(H,21,23)/t18-/m1/s1. The van der Waals surface area contributed by atoms with E-state index >= 15 is 0 Å². The fraction of sp³-hybridized carbons (Fsp3) is 0.368. The Morgan fingerprint density at radius 1 is 1.18 bits per heavy atom. The summed E-state index contributed by atoms with van der Waals surface area (Å²) >= 11 is 0. The van der Waals surface area contributed by atoms with Crippen LogP contribution in [0.3, 0.4) is 0 Å². The smallest absolute Gasteiger partial charge is 0.262 e. The fourth-order valence-electron chi connectivity index (χ4n) is 2.81. The molecule has 0 aliphatic carbocycles. The first-order valence-corrected chi connectivity index (χ1v) is 10.1. The van der Waals surface area contributed by atoms with Gasteiger partial charge in [-0.05, 0) is 41.8 Å². The zero-order chi connectivity index (χ0) is 20.7. The molecule has 9 heteroatoms. The summed E-state index contributed by atoms with van der Waals surface area (Å²) in [6.07, 6.45) is 3.17. The molecular weight excluding hydrogens is 382 g/mol. The SMILES string of the molecule is CONC(=O)[C@@H](C(C)C)N(Cc1cccnc1)S(=O)(=O)c1ccc(OC)cc1. The van der Waals surface area contributed by atoms with Crippen LogP contribution in [0.15, 0.2) is 53.7 Å². The van der Waals surface area contributed by atoms with Crippen LogP contribution in [-0.2, 0) is 26.2 Å². The lowest BCUT2D eigenvalue weighted by Crippen LogP contribution is -2.51. The van der Waals surface area contributed by atoms with Crippen LogP contribution in [0.1, 0.15) is 19.4 Å². The van der Waals surface area contributed by atoms with Crippen LogP contribution in [-0.4, -0.2) is 43.9 Å². The first-order chi connectivity index (χ1) is 13.3. The molecule has 1 atom stereocenters. The molecule has 0 unspecified atom stereocenters. The molecule has 2 aromatic rings. The number of nitrogens with one attached hydrogen (secondary N) is 1. The Morgan fingerprint density at radius 3 is 2.36 bits per heavy atom. The van der Waals surface area contributed by atoms with Gasteiger partial charge in [0.2, 0.25) is 10.0 Å². The molecule has 0 radical (unpaired) electrons. The molecule has 0 bridgehead atoms. The van der Waals surface area contributed by atoms with Crippen LogP contribution in [0.2, 0.25) is 0 Å². The van der Waals surface area contributed by atoms with Gasteiger partial charge >= 0.3 is 0 Å². The van der Waals surface area contributed by atoms with Crippen molar-refractivity contribution in [1.29, 1.82) is 0 Å². The van der Waals surface area contributed by atoms with Gasteiger partial charge in [0.25, 0.3) is 5.91 Å². The quantitative estimate of drug-likeness (QED) is 0.639. The number of methoxy groups -OCH3 is 1. The van der Waals surface area contributed by atoms with Gasteiger partial charge in [-0.25, -0.2) is 13.9 Å². The molecule has 0 saturated carbocycles. The van der Waals surface area contributed by atoms with Gasteiger partial charge in [0.1, 0.15) is 11.8 Å². The molecule has 0 fully saturated rings. The van der Waals surface area contributed by atoms with E-state index in [1.54, 1.807) is 50.5 Å². The maximum absolute atomic E-state index is 13.4. The minimum Gasteiger partial charge on any atom is -0.497 e. The molecule has 0 aliphatic heterocycles. The summed E-state index contributed by atoms with van der Waals surface area (Å²) in [5.41, 5.74) is 2.92. The third-order valence-electron chi connectivity index (χ3n) is 4.14. The van der Waals surface area contributed by atoms with Gasteiger partial charge in [-0.15, -0.1) is 0 Å². The molecule has 28 heavy (non-hydrogen) atoms. The zero-order valence-corrected chi connectivity index (χ0v) is 17.1. The molecule has 1 aromatic carbocycles. The molecule has 0 saturated heterocycles. The lowest BCUT2D eigenvalue weighted by molar-refractivity contribution is -0.136. The van der Waals surface area contributed by atoms with Crippen LogP contribution >= 0.6 is 0 Å². The van der Waals surface area contributed by atoms with E-state index in [-0.39, 0.29) is 17.4 Å². The third-order valence-corrected chi connectivity index (χ3v) is 5.98. The van der Waals surface area contributed by atoms with Crippen molar-refractivity contribution in [1.82, 2.24) is 14.8 Å². The third kappa shape index (κ3) is 5.06.